The van der Waals surface area contributed by atoms with Crippen LogP contribution in [0.25, 0.3) is 16.8 Å². The Bertz CT molecular complexity index is 1430. The summed E-state index contributed by atoms with van der Waals surface area (Å²) in [6.45, 7) is 10.0. The molecule has 0 aliphatic rings. The molecular weight excluding hydrogens is 462 g/mol. The fourth-order valence-electron chi connectivity index (χ4n) is 4.32. The second-order valence-electron chi connectivity index (χ2n) is 9.11. The highest BCUT2D eigenvalue weighted by Crippen LogP contribution is 2.34. The predicted molar refractivity (Wildman–Crippen MR) is 149 cm³/mol. The van der Waals surface area contributed by atoms with Crippen LogP contribution in [-0.2, 0) is 4.79 Å². The third-order valence-corrected chi connectivity index (χ3v) is 6.57. The highest BCUT2D eigenvalue weighted by molar-refractivity contribution is 5.99. The van der Waals surface area contributed by atoms with Gasteiger partial charge in [0.2, 0.25) is 5.91 Å². The smallest absolute Gasteiger partial charge is 0.315 e. The molecule has 0 saturated carbocycles. The first kappa shape index (κ1) is 25.7. The van der Waals surface area contributed by atoms with Crippen LogP contribution in [0.2, 0.25) is 0 Å². The van der Waals surface area contributed by atoms with Crippen LogP contribution in [0, 0.1) is 27.7 Å². The lowest BCUT2D eigenvalue weighted by Gasteiger charge is -2.22. The zero-order valence-corrected chi connectivity index (χ0v) is 22.0. The Balaban J connectivity index is 1.63. The molecule has 0 saturated heterocycles. The van der Waals surface area contributed by atoms with Gasteiger partial charge >= 0.3 is 6.03 Å². The number of rotatable bonds is 7. The van der Waals surface area contributed by atoms with Crippen LogP contribution >= 0.6 is 0 Å². The molecule has 0 radical (unpaired) electrons. The number of hydrogen-bond acceptors (Lipinski definition) is 3. The van der Waals surface area contributed by atoms with Crippen molar-refractivity contribution in [3.8, 4) is 16.8 Å². The van der Waals surface area contributed by atoms with Gasteiger partial charge in [-0.3, -0.25) is 4.79 Å². The second-order valence-corrected chi connectivity index (χ2v) is 9.11. The number of nitrogens with zero attached hydrogens (tertiary/aromatic N) is 3. The molecule has 0 fully saturated rings. The summed E-state index contributed by atoms with van der Waals surface area (Å²) in [6, 6.07) is 23.2. The average Bonchev–Trinajstić information content (AvgIpc) is 3.21. The van der Waals surface area contributed by atoms with Gasteiger partial charge in [-0.1, -0.05) is 60.7 Å². The van der Waals surface area contributed by atoms with Crippen LogP contribution in [0.5, 0.6) is 0 Å². The summed E-state index contributed by atoms with van der Waals surface area (Å²) in [7, 11) is 0. The lowest BCUT2D eigenvalue weighted by atomic mass is 10.1. The third-order valence-electron chi connectivity index (χ3n) is 6.57. The van der Waals surface area contributed by atoms with Crippen LogP contribution < -0.4 is 10.6 Å². The lowest BCUT2D eigenvalue weighted by molar-refractivity contribution is -0.116. The maximum atomic E-state index is 13.3. The van der Waals surface area contributed by atoms with Crippen molar-refractivity contribution < 1.29 is 9.59 Å². The first-order chi connectivity index (χ1) is 17.8. The Hall–Kier alpha value is -4.39. The standard InChI is InChI=1S/C30H33N5O2/c1-6-34(30(37)31-25-17-12-14-20(2)22(25)4)19-27(36)32-29-28(24-15-8-7-9-16-24)23(5)33-35(29)26-18-11-10-13-21(26)3/h7-18H,6,19H2,1-5H3,(H,31,37)(H,32,36). The molecule has 4 aromatic rings. The van der Waals surface area contributed by atoms with Crippen molar-refractivity contribution in [1.29, 1.82) is 0 Å². The van der Waals surface area contributed by atoms with Crippen LogP contribution in [-0.4, -0.2) is 39.7 Å². The van der Waals surface area contributed by atoms with E-state index in [0.29, 0.717) is 12.4 Å². The number of aromatic nitrogens is 2. The van der Waals surface area contributed by atoms with E-state index in [1.807, 2.05) is 107 Å². The van der Waals surface area contributed by atoms with Crippen LogP contribution in [0.3, 0.4) is 0 Å². The summed E-state index contributed by atoms with van der Waals surface area (Å²) in [5.41, 5.74) is 7.34. The van der Waals surface area contributed by atoms with E-state index in [4.69, 9.17) is 5.10 Å². The molecule has 3 amide bonds. The highest BCUT2D eigenvalue weighted by Gasteiger charge is 2.23. The summed E-state index contributed by atoms with van der Waals surface area (Å²) in [6.07, 6.45) is 0. The van der Waals surface area contributed by atoms with Gasteiger partial charge in [0, 0.05) is 17.8 Å². The van der Waals surface area contributed by atoms with Crippen molar-refractivity contribution in [3.63, 3.8) is 0 Å². The summed E-state index contributed by atoms with van der Waals surface area (Å²) in [4.78, 5) is 27.9. The number of aryl methyl sites for hydroxylation is 3. The Morgan fingerprint density at radius 3 is 2.22 bits per heavy atom. The first-order valence-electron chi connectivity index (χ1n) is 12.4. The topological polar surface area (TPSA) is 79.3 Å². The molecular formula is C30H33N5O2. The van der Waals surface area contributed by atoms with Gasteiger partial charge in [-0.2, -0.15) is 5.10 Å². The Labute approximate surface area is 218 Å². The van der Waals surface area contributed by atoms with Gasteiger partial charge < -0.3 is 15.5 Å². The number of urea groups is 1. The minimum atomic E-state index is -0.321. The summed E-state index contributed by atoms with van der Waals surface area (Å²) < 4.78 is 1.78. The number of benzene rings is 3. The number of carbonyl (C=O) groups is 2. The lowest BCUT2D eigenvalue weighted by Crippen LogP contribution is -2.40. The second kappa shape index (κ2) is 11.1. The van der Waals surface area contributed by atoms with E-state index < -0.39 is 0 Å². The maximum Gasteiger partial charge on any atom is 0.322 e. The molecule has 2 N–H and O–H groups in total. The van der Waals surface area contributed by atoms with Crippen molar-refractivity contribution in [2.24, 2.45) is 0 Å². The fraction of sp³-hybridized carbons (Fsp3) is 0.233. The van der Waals surface area contributed by atoms with Crippen molar-refractivity contribution in [2.45, 2.75) is 34.6 Å². The molecule has 0 atom stereocenters. The fourth-order valence-corrected chi connectivity index (χ4v) is 4.32. The number of anilines is 2. The average molecular weight is 496 g/mol. The van der Waals surface area contributed by atoms with E-state index in [1.165, 1.54) is 4.90 Å². The molecule has 7 nitrogen and oxygen atoms in total. The number of carbonyl (C=O) groups excluding carboxylic acids is 2. The molecule has 4 rings (SSSR count). The molecule has 37 heavy (non-hydrogen) atoms. The largest absolute Gasteiger partial charge is 0.322 e. The van der Waals surface area contributed by atoms with Gasteiger partial charge in [0.1, 0.15) is 12.4 Å². The number of amides is 3. The molecule has 7 heteroatoms. The molecule has 0 bridgehead atoms. The van der Waals surface area contributed by atoms with Crippen molar-refractivity contribution >= 4 is 23.4 Å². The summed E-state index contributed by atoms with van der Waals surface area (Å²) in [5, 5.41) is 10.8. The van der Waals surface area contributed by atoms with E-state index in [9.17, 15) is 9.59 Å². The zero-order valence-electron chi connectivity index (χ0n) is 22.0. The van der Waals surface area contributed by atoms with E-state index in [2.05, 4.69) is 10.6 Å². The SMILES string of the molecule is CCN(CC(=O)Nc1c(-c2ccccc2)c(C)nn1-c1ccccc1C)C(=O)Nc1cccc(C)c1C. The van der Waals surface area contributed by atoms with Gasteiger partial charge in [-0.15, -0.1) is 0 Å². The molecule has 3 aromatic carbocycles. The minimum Gasteiger partial charge on any atom is -0.315 e. The van der Waals surface area contributed by atoms with Crippen LogP contribution in [0.15, 0.2) is 72.8 Å². The van der Waals surface area contributed by atoms with Gasteiger partial charge in [-0.25, -0.2) is 9.48 Å². The van der Waals surface area contributed by atoms with Crippen LogP contribution in [0.1, 0.15) is 29.3 Å². The number of nitrogens with one attached hydrogen (secondary N) is 2. The highest BCUT2D eigenvalue weighted by atomic mass is 16.2. The van der Waals surface area contributed by atoms with E-state index >= 15 is 0 Å². The Kier molecular flexibility index (Phi) is 7.72. The third kappa shape index (κ3) is 5.56. The van der Waals surface area contributed by atoms with E-state index in [0.717, 1.165) is 44.9 Å². The molecule has 1 heterocycles. The van der Waals surface area contributed by atoms with Gasteiger partial charge in [0.25, 0.3) is 0 Å². The Morgan fingerprint density at radius 1 is 0.838 bits per heavy atom. The zero-order chi connectivity index (χ0) is 26.5. The predicted octanol–water partition coefficient (Wildman–Crippen LogP) is 6.27. The molecule has 1 aromatic heterocycles. The number of hydrogen-bond donors (Lipinski definition) is 2. The molecule has 0 aliphatic heterocycles. The van der Waals surface area contributed by atoms with Crippen molar-refractivity contribution in [1.82, 2.24) is 14.7 Å². The molecule has 190 valence electrons. The molecule has 0 aliphatic carbocycles. The quantitative estimate of drug-likeness (QED) is 0.317. The van der Waals surface area contributed by atoms with Gasteiger partial charge in [0.05, 0.1) is 11.4 Å². The van der Waals surface area contributed by atoms with Gasteiger partial charge in [-0.05, 0) is 69.0 Å². The molecule has 0 spiro atoms. The summed E-state index contributed by atoms with van der Waals surface area (Å²) in [5.74, 6) is 0.277. The van der Waals surface area contributed by atoms with E-state index in [1.54, 1.807) is 4.68 Å². The van der Waals surface area contributed by atoms with Gasteiger partial charge in [0.15, 0.2) is 0 Å². The number of likely N-dealkylation sites (N-methyl/N-ethyl adjacent to an activating group) is 1. The monoisotopic (exact) mass is 495 g/mol. The van der Waals surface area contributed by atoms with Crippen molar-refractivity contribution in [2.75, 3.05) is 23.7 Å². The van der Waals surface area contributed by atoms with Crippen molar-refractivity contribution in [3.05, 3.63) is 95.2 Å². The number of para-hydroxylation sites is 1. The summed E-state index contributed by atoms with van der Waals surface area (Å²) >= 11 is 0. The van der Waals surface area contributed by atoms with Crippen LogP contribution in [0.4, 0.5) is 16.3 Å². The molecule has 0 unspecified atom stereocenters. The maximum absolute atomic E-state index is 13.3. The normalized spacial score (nSPS) is 10.7. The Morgan fingerprint density at radius 2 is 1.51 bits per heavy atom. The minimum absolute atomic E-state index is 0.0978. The first-order valence-corrected chi connectivity index (χ1v) is 12.4. The van der Waals surface area contributed by atoms with E-state index in [-0.39, 0.29) is 18.5 Å².